The number of para-hydroxylation sites is 1. The second kappa shape index (κ2) is 10.0. The maximum Gasteiger partial charge on any atom is 0.573 e. The number of alkyl halides is 6. The van der Waals surface area contributed by atoms with Gasteiger partial charge in [-0.05, 0) is 59.1 Å². The smallest absolute Gasteiger partial charge is 0.454 e. The van der Waals surface area contributed by atoms with Crippen LogP contribution in [0.4, 0.5) is 26.3 Å². The molecule has 2 nitrogen and oxygen atoms in total. The fraction of sp³-hybridized carbons (Fsp3) is 0.0833. The zero-order valence-electron chi connectivity index (χ0n) is 16.6. The molecular formula is C24H15ClF6O2. The quantitative estimate of drug-likeness (QED) is 0.190. The van der Waals surface area contributed by atoms with Crippen LogP contribution in [0.3, 0.4) is 0 Å². The van der Waals surface area contributed by atoms with E-state index in [1.807, 2.05) is 0 Å². The number of allylic oxidation sites excluding steroid dienone is 3. The highest BCUT2D eigenvalue weighted by atomic mass is 35.5. The Labute approximate surface area is 190 Å². The molecule has 0 bridgehead atoms. The first-order chi connectivity index (χ1) is 15.5. The van der Waals surface area contributed by atoms with Crippen molar-refractivity contribution >= 4 is 23.3 Å². The van der Waals surface area contributed by atoms with E-state index in [0.717, 1.165) is 36.4 Å². The first-order valence-corrected chi connectivity index (χ1v) is 9.73. The summed E-state index contributed by atoms with van der Waals surface area (Å²) in [6.45, 7) is 0. The summed E-state index contributed by atoms with van der Waals surface area (Å²) < 4.78 is 87.9. The molecule has 0 fully saturated rings. The van der Waals surface area contributed by atoms with Gasteiger partial charge in [-0.15, -0.1) is 13.2 Å². The molecule has 0 aromatic heterocycles. The zero-order valence-corrected chi connectivity index (χ0v) is 17.4. The van der Waals surface area contributed by atoms with E-state index in [4.69, 9.17) is 16.3 Å². The van der Waals surface area contributed by atoms with Crippen LogP contribution < -0.4 is 9.47 Å². The van der Waals surface area contributed by atoms with Crippen LogP contribution >= 0.6 is 11.6 Å². The Hall–Kier alpha value is -3.39. The molecule has 3 aromatic rings. The van der Waals surface area contributed by atoms with E-state index >= 15 is 0 Å². The maximum absolute atomic E-state index is 14.1. The number of ether oxygens (including phenoxy) is 2. The molecule has 0 aliphatic rings. The number of benzene rings is 3. The monoisotopic (exact) mass is 484 g/mol. The molecule has 9 heteroatoms. The minimum absolute atomic E-state index is 0.0597. The molecule has 0 heterocycles. The van der Waals surface area contributed by atoms with Gasteiger partial charge in [0.05, 0.1) is 0 Å². The van der Waals surface area contributed by atoms with Gasteiger partial charge >= 0.3 is 11.7 Å². The first-order valence-electron chi connectivity index (χ1n) is 9.35. The van der Waals surface area contributed by atoms with E-state index in [1.54, 1.807) is 30.3 Å². The summed E-state index contributed by atoms with van der Waals surface area (Å²) in [6, 6.07) is 16.3. The van der Waals surface area contributed by atoms with E-state index in [2.05, 4.69) is 4.74 Å². The highest BCUT2D eigenvalue weighted by Crippen LogP contribution is 2.37. The molecular weight excluding hydrogens is 470 g/mol. The Balaban J connectivity index is 1.82. The van der Waals surface area contributed by atoms with Crippen LogP contribution in [0.1, 0.15) is 11.1 Å². The van der Waals surface area contributed by atoms with Crippen molar-refractivity contribution in [3.05, 3.63) is 102 Å². The van der Waals surface area contributed by atoms with Gasteiger partial charge in [0.2, 0.25) is 0 Å². The summed E-state index contributed by atoms with van der Waals surface area (Å²) in [5.41, 5.74) is -0.312. The van der Waals surface area contributed by atoms with Gasteiger partial charge in [-0.2, -0.15) is 8.78 Å². The van der Waals surface area contributed by atoms with Gasteiger partial charge in [0.1, 0.15) is 11.5 Å². The van der Waals surface area contributed by atoms with Gasteiger partial charge in [-0.25, -0.2) is 4.39 Å². The number of halogens is 7. The van der Waals surface area contributed by atoms with Crippen LogP contribution in [0.15, 0.2) is 84.9 Å². The summed E-state index contributed by atoms with van der Waals surface area (Å²) in [5.74, 6) is -0.813. The molecule has 3 rings (SSSR count). The minimum atomic E-state index is -4.91. The second-order valence-corrected chi connectivity index (χ2v) is 7.09. The number of hydrogen-bond donors (Lipinski definition) is 0. The molecule has 0 amide bonds. The molecule has 0 unspecified atom stereocenters. The van der Waals surface area contributed by atoms with Crippen molar-refractivity contribution in [1.29, 1.82) is 0 Å². The third-order valence-electron chi connectivity index (χ3n) is 4.18. The van der Waals surface area contributed by atoms with Crippen molar-refractivity contribution in [2.24, 2.45) is 0 Å². The van der Waals surface area contributed by atoms with E-state index < -0.39 is 28.9 Å². The Bertz CT molecular complexity index is 1130. The fourth-order valence-electron chi connectivity index (χ4n) is 2.76. The molecule has 3 aromatic carbocycles. The van der Waals surface area contributed by atoms with Crippen LogP contribution in [0, 0.1) is 5.82 Å². The topological polar surface area (TPSA) is 18.5 Å². The lowest BCUT2D eigenvalue weighted by molar-refractivity contribution is -0.274. The van der Waals surface area contributed by atoms with Gasteiger partial charge in [-0.1, -0.05) is 54.6 Å². The minimum Gasteiger partial charge on any atom is -0.454 e. The Kier molecular flexibility index (Phi) is 7.38. The highest BCUT2D eigenvalue weighted by molar-refractivity contribution is 6.27. The van der Waals surface area contributed by atoms with Gasteiger partial charge in [0.15, 0.2) is 11.6 Å². The summed E-state index contributed by atoms with van der Waals surface area (Å²) in [4.78, 5) is 0. The summed E-state index contributed by atoms with van der Waals surface area (Å²) >= 11 is 5.18. The molecule has 172 valence electrons. The van der Waals surface area contributed by atoms with Crippen LogP contribution in [-0.2, 0) is 0 Å². The fourth-order valence-corrected chi connectivity index (χ4v) is 2.94. The lowest BCUT2D eigenvalue weighted by Gasteiger charge is -2.14. The standard InChI is InChI=1S/C24H15ClF6O2/c25-23(27,28)20(17-10-12-19(13-11-17)33-24(29,30)31)8-4-5-16-9-14-21(26)22(15-16)32-18-6-2-1-3-7-18/h1-15H/b5-4+,20-8-. The van der Waals surface area contributed by atoms with E-state index in [-0.39, 0.29) is 11.3 Å². The number of hydrogen-bond acceptors (Lipinski definition) is 2. The van der Waals surface area contributed by atoms with Crippen molar-refractivity contribution in [1.82, 2.24) is 0 Å². The van der Waals surface area contributed by atoms with Crippen molar-refractivity contribution < 1.29 is 35.8 Å². The summed E-state index contributed by atoms with van der Waals surface area (Å²) in [7, 11) is 0. The molecule has 0 saturated heterocycles. The Morgan fingerprint density at radius 3 is 2.09 bits per heavy atom. The molecule has 0 radical (unpaired) electrons. The van der Waals surface area contributed by atoms with Crippen LogP contribution in [-0.4, -0.2) is 11.7 Å². The maximum atomic E-state index is 14.1. The summed E-state index contributed by atoms with van der Waals surface area (Å²) in [6.07, 6.45) is -1.22. The lowest BCUT2D eigenvalue weighted by atomic mass is 10.0. The SMILES string of the molecule is Fc1ccc(/C=C/C=C(/c2ccc(OC(F)(F)F)cc2)C(F)(F)Cl)cc1Oc1ccccc1. The summed E-state index contributed by atoms with van der Waals surface area (Å²) in [5, 5.41) is -3.80. The van der Waals surface area contributed by atoms with Crippen molar-refractivity contribution in [2.45, 2.75) is 11.7 Å². The molecule has 0 saturated carbocycles. The van der Waals surface area contributed by atoms with E-state index in [9.17, 15) is 26.3 Å². The molecule has 0 N–H and O–H groups in total. The highest BCUT2D eigenvalue weighted by Gasteiger charge is 2.33. The Morgan fingerprint density at radius 1 is 0.818 bits per heavy atom. The van der Waals surface area contributed by atoms with Crippen molar-refractivity contribution in [3.63, 3.8) is 0 Å². The third kappa shape index (κ3) is 7.32. The second-order valence-electron chi connectivity index (χ2n) is 6.61. The predicted octanol–water partition coefficient (Wildman–Crippen LogP) is 8.45. The van der Waals surface area contributed by atoms with E-state index in [0.29, 0.717) is 11.3 Å². The first kappa shape index (κ1) is 24.3. The largest absolute Gasteiger partial charge is 0.573 e. The normalized spacial score (nSPS) is 12.8. The van der Waals surface area contributed by atoms with Gasteiger partial charge in [0.25, 0.3) is 0 Å². The van der Waals surface area contributed by atoms with Crippen LogP contribution in [0.25, 0.3) is 11.6 Å². The Morgan fingerprint density at radius 2 is 1.48 bits per heavy atom. The molecule has 33 heavy (non-hydrogen) atoms. The predicted molar refractivity (Wildman–Crippen MR) is 114 cm³/mol. The zero-order chi connectivity index (χ0) is 24.1. The lowest BCUT2D eigenvalue weighted by Crippen LogP contribution is -2.17. The average Bonchev–Trinajstić information content (AvgIpc) is 2.73. The number of rotatable bonds is 7. The van der Waals surface area contributed by atoms with E-state index in [1.165, 1.54) is 24.3 Å². The van der Waals surface area contributed by atoms with Crippen molar-refractivity contribution in [3.8, 4) is 17.2 Å². The molecule has 0 aliphatic carbocycles. The third-order valence-corrected chi connectivity index (χ3v) is 4.39. The molecule has 0 spiro atoms. The molecule has 0 aliphatic heterocycles. The van der Waals surface area contributed by atoms with Crippen LogP contribution in [0.2, 0.25) is 0 Å². The molecule has 0 atom stereocenters. The van der Waals surface area contributed by atoms with Gasteiger partial charge < -0.3 is 9.47 Å². The van der Waals surface area contributed by atoms with Crippen molar-refractivity contribution in [2.75, 3.05) is 0 Å². The van der Waals surface area contributed by atoms with Gasteiger partial charge in [0, 0.05) is 5.57 Å². The van der Waals surface area contributed by atoms with Crippen LogP contribution in [0.5, 0.6) is 17.2 Å². The van der Waals surface area contributed by atoms with Gasteiger partial charge in [-0.3, -0.25) is 0 Å². The average molecular weight is 485 g/mol.